The summed E-state index contributed by atoms with van der Waals surface area (Å²) in [5, 5.41) is 28.7. The zero-order valence-corrected chi connectivity index (χ0v) is 20.1. The van der Waals surface area contributed by atoms with E-state index in [0.29, 0.717) is 0 Å². The molecular weight excluding hydrogens is 541 g/mol. The number of hydrogen-bond donors (Lipinski definition) is 2. The Hall–Kier alpha value is -2.03. The van der Waals surface area contributed by atoms with Crippen molar-refractivity contribution in [1.29, 1.82) is 0 Å². The van der Waals surface area contributed by atoms with Crippen LogP contribution in [0, 0.1) is 17.5 Å². The molecule has 1 saturated heterocycles. The smallest absolute Gasteiger partial charge is 0.194 e. The van der Waals surface area contributed by atoms with Gasteiger partial charge in [-0.05, 0) is 41.1 Å². The molecule has 0 aliphatic carbocycles. The maximum absolute atomic E-state index is 13.7. The summed E-state index contributed by atoms with van der Waals surface area (Å²) in [7, 11) is 0. The first-order chi connectivity index (χ1) is 16.3. The van der Waals surface area contributed by atoms with E-state index in [1.54, 1.807) is 19.3 Å². The monoisotopic (exact) mass is 560 g/mol. The van der Waals surface area contributed by atoms with E-state index >= 15 is 0 Å². The van der Waals surface area contributed by atoms with E-state index in [4.69, 9.17) is 9.47 Å². The summed E-state index contributed by atoms with van der Waals surface area (Å²) in [6.45, 7) is 1.59. The van der Waals surface area contributed by atoms with Gasteiger partial charge in [-0.15, -0.1) is 5.10 Å². The molecule has 1 aliphatic heterocycles. The molecule has 5 atom stereocenters. The van der Waals surface area contributed by atoms with Gasteiger partial charge in [-0.3, -0.25) is 4.98 Å². The van der Waals surface area contributed by atoms with E-state index in [1.165, 1.54) is 22.6 Å². The van der Waals surface area contributed by atoms with E-state index in [-0.39, 0.29) is 17.9 Å². The standard InChI is InChI=1S/C21H20BrF3N4O4S/c1-2-32-20-18(29-8-15(27-28-29)10-3-13(23)17(25)14(24)4-10)19(31)16(9-30)33-21(20)34-12-5-11(22)6-26-7-12/h3-8,16,18-21,30-31H,2,9H2,1H3/t16-,18+,19+,20-,21-/m1/s1. The number of nitrogens with zero attached hydrogens (tertiary/aromatic N) is 4. The summed E-state index contributed by atoms with van der Waals surface area (Å²) in [6.07, 6.45) is 1.69. The van der Waals surface area contributed by atoms with E-state index in [1.807, 2.05) is 6.07 Å². The lowest BCUT2D eigenvalue weighted by atomic mass is 9.97. The summed E-state index contributed by atoms with van der Waals surface area (Å²) in [6, 6.07) is 2.59. The van der Waals surface area contributed by atoms with Gasteiger partial charge < -0.3 is 19.7 Å². The Morgan fingerprint density at radius 1 is 1.21 bits per heavy atom. The molecule has 13 heteroatoms. The fourth-order valence-corrected chi connectivity index (χ4v) is 5.35. The fraction of sp³-hybridized carbons (Fsp3) is 0.381. The third-order valence-corrected chi connectivity index (χ3v) is 6.75. The van der Waals surface area contributed by atoms with Crippen LogP contribution in [0.3, 0.4) is 0 Å². The lowest BCUT2D eigenvalue weighted by Crippen LogP contribution is -2.55. The van der Waals surface area contributed by atoms with Crippen LogP contribution in [0.4, 0.5) is 13.2 Å². The van der Waals surface area contributed by atoms with E-state index in [9.17, 15) is 23.4 Å². The lowest BCUT2D eigenvalue weighted by Gasteiger charge is -2.43. The average Bonchev–Trinajstić information content (AvgIpc) is 3.29. The molecule has 2 N–H and O–H groups in total. The first kappa shape index (κ1) is 25.1. The first-order valence-corrected chi connectivity index (χ1v) is 11.9. The van der Waals surface area contributed by atoms with Crippen molar-refractivity contribution in [3.63, 3.8) is 0 Å². The van der Waals surface area contributed by atoms with Crippen molar-refractivity contribution in [2.75, 3.05) is 13.2 Å². The molecular formula is C21H20BrF3N4O4S. The number of hydrogen-bond acceptors (Lipinski definition) is 8. The average molecular weight is 561 g/mol. The second-order valence-electron chi connectivity index (χ2n) is 7.42. The molecule has 1 aliphatic rings. The van der Waals surface area contributed by atoms with Gasteiger partial charge in [0.15, 0.2) is 17.5 Å². The van der Waals surface area contributed by atoms with Crippen molar-refractivity contribution < 1.29 is 32.9 Å². The molecule has 182 valence electrons. The minimum atomic E-state index is -1.58. The SMILES string of the molecule is CCO[C@@H]1[C@@H](n2cc(-c3cc(F)c(F)c(F)c3)nn2)[C@@H](O)[C@@H](CO)O[C@@H]1Sc1cncc(Br)c1. The lowest BCUT2D eigenvalue weighted by molar-refractivity contribution is -0.191. The third-order valence-electron chi connectivity index (χ3n) is 5.21. The number of aliphatic hydroxyl groups excluding tert-OH is 2. The second kappa shape index (κ2) is 10.7. The van der Waals surface area contributed by atoms with Crippen LogP contribution in [0.15, 0.2) is 46.2 Å². The van der Waals surface area contributed by atoms with Crippen LogP contribution in [-0.2, 0) is 9.47 Å². The topological polar surface area (TPSA) is 103 Å². The van der Waals surface area contributed by atoms with Gasteiger partial charge in [-0.25, -0.2) is 17.9 Å². The summed E-state index contributed by atoms with van der Waals surface area (Å²) in [5.74, 6) is -4.30. The van der Waals surface area contributed by atoms with Crippen molar-refractivity contribution in [3.8, 4) is 11.3 Å². The number of benzene rings is 1. The zero-order chi connectivity index (χ0) is 24.4. The number of thioether (sulfide) groups is 1. The highest BCUT2D eigenvalue weighted by atomic mass is 79.9. The van der Waals surface area contributed by atoms with Crippen molar-refractivity contribution in [3.05, 3.63) is 58.7 Å². The molecule has 0 unspecified atom stereocenters. The van der Waals surface area contributed by atoms with Gasteiger partial charge in [-0.2, -0.15) is 0 Å². The van der Waals surface area contributed by atoms with Gasteiger partial charge in [0, 0.05) is 33.9 Å². The van der Waals surface area contributed by atoms with Gasteiger partial charge >= 0.3 is 0 Å². The van der Waals surface area contributed by atoms with Gasteiger partial charge in [0.25, 0.3) is 0 Å². The molecule has 2 aromatic heterocycles. The van der Waals surface area contributed by atoms with Crippen LogP contribution in [0.1, 0.15) is 13.0 Å². The molecule has 1 aromatic carbocycles. The molecule has 0 spiro atoms. The van der Waals surface area contributed by atoms with Gasteiger partial charge in [0.2, 0.25) is 0 Å². The third kappa shape index (κ3) is 5.14. The number of pyridine rings is 1. The molecule has 0 radical (unpaired) electrons. The van der Waals surface area contributed by atoms with Crippen molar-refractivity contribution >= 4 is 27.7 Å². The molecule has 4 rings (SSSR count). The molecule has 1 fully saturated rings. The summed E-state index contributed by atoms with van der Waals surface area (Å²) in [4.78, 5) is 4.89. The van der Waals surface area contributed by atoms with Crippen molar-refractivity contribution in [2.45, 2.75) is 41.6 Å². The quantitative estimate of drug-likeness (QED) is 0.424. The van der Waals surface area contributed by atoms with E-state index in [0.717, 1.165) is 21.5 Å². The van der Waals surface area contributed by atoms with Crippen LogP contribution in [0.5, 0.6) is 0 Å². The van der Waals surface area contributed by atoms with Crippen LogP contribution in [-0.4, -0.2) is 67.2 Å². The Kier molecular flexibility index (Phi) is 7.90. The largest absolute Gasteiger partial charge is 0.394 e. The summed E-state index contributed by atoms with van der Waals surface area (Å²) in [5.41, 5.74) is -0.635. The molecule has 0 bridgehead atoms. The van der Waals surface area contributed by atoms with Crippen molar-refractivity contribution in [1.82, 2.24) is 20.0 Å². The van der Waals surface area contributed by atoms with Crippen molar-refractivity contribution in [2.24, 2.45) is 0 Å². The van der Waals surface area contributed by atoms with Crippen LogP contribution in [0.2, 0.25) is 0 Å². The molecule has 8 nitrogen and oxygen atoms in total. The van der Waals surface area contributed by atoms with Crippen LogP contribution >= 0.6 is 27.7 Å². The maximum atomic E-state index is 13.7. The number of aromatic nitrogens is 4. The zero-order valence-electron chi connectivity index (χ0n) is 17.7. The predicted octanol–water partition coefficient (Wildman–Crippen LogP) is 3.34. The normalized spacial score (nSPS) is 25.0. The summed E-state index contributed by atoms with van der Waals surface area (Å²) < 4.78 is 54.7. The molecule has 3 aromatic rings. The van der Waals surface area contributed by atoms with E-state index < -0.39 is 53.8 Å². The van der Waals surface area contributed by atoms with Crippen LogP contribution in [0.25, 0.3) is 11.3 Å². The number of aliphatic hydroxyl groups is 2. The Labute approximate surface area is 205 Å². The molecule has 34 heavy (non-hydrogen) atoms. The van der Waals surface area contributed by atoms with Gasteiger partial charge in [0.1, 0.15) is 35.5 Å². The minimum Gasteiger partial charge on any atom is -0.394 e. The molecule has 0 amide bonds. The Bertz CT molecular complexity index is 1130. The number of ether oxygens (including phenoxy) is 2. The van der Waals surface area contributed by atoms with E-state index in [2.05, 4.69) is 31.2 Å². The van der Waals surface area contributed by atoms with Gasteiger partial charge in [-0.1, -0.05) is 17.0 Å². The molecule has 0 saturated carbocycles. The fourth-order valence-electron chi connectivity index (χ4n) is 3.68. The number of rotatable bonds is 7. The summed E-state index contributed by atoms with van der Waals surface area (Å²) >= 11 is 4.66. The maximum Gasteiger partial charge on any atom is 0.194 e. The Balaban J connectivity index is 1.69. The Morgan fingerprint density at radius 2 is 1.94 bits per heavy atom. The minimum absolute atomic E-state index is 0.0259. The highest BCUT2D eigenvalue weighted by molar-refractivity contribution is 9.10. The first-order valence-electron chi connectivity index (χ1n) is 10.2. The number of halogens is 4. The van der Waals surface area contributed by atoms with Gasteiger partial charge in [0.05, 0.1) is 12.8 Å². The second-order valence-corrected chi connectivity index (χ2v) is 9.51. The highest BCUT2D eigenvalue weighted by Gasteiger charge is 2.47. The van der Waals surface area contributed by atoms with Crippen LogP contribution < -0.4 is 0 Å². The highest BCUT2D eigenvalue weighted by Crippen LogP contribution is 2.40. The predicted molar refractivity (Wildman–Crippen MR) is 119 cm³/mol. The molecule has 3 heterocycles. The Morgan fingerprint density at radius 3 is 2.59 bits per heavy atom.